The molecule has 1 unspecified atom stereocenters. The van der Waals surface area contributed by atoms with Crippen molar-refractivity contribution < 1.29 is 4.52 Å². The van der Waals surface area contributed by atoms with Gasteiger partial charge in [-0.1, -0.05) is 5.16 Å². The van der Waals surface area contributed by atoms with Crippen molar-refractivity contribution in [3.8, 4) is 0 Å². The van der Waals surface area contributed by atoms with Crippen LogP contribution in [0, 0.1) is 23.2 Å². The normalized spacial score (nSPS) is 45.1. The largest absolute Gasteiger partial charge is 0.338 e. The van der Waals surface area contributed by atoms with Gasteiger partial charge in [0.2, 0.25) is 5.89 Å². The zero-order valence-corrected chi connectivity index (χ0v) is 10.9. The van der Waals surface area contributed by atoms with Gasteiger partial charge in [-0.05, 0) is 68.6 Å². The van der Waals surface area contributed by atoms with Crippen LogP contribution in [0.2, 0.25) is 0 Å². The SMILES string of the molecule is CC(N)(c1ncno1)C12CC3CC(CC(C3)C1)C2. The third-order valence-electron chi connectivity index (χ3n) is 5.95. The molecule has 1 aromatic heterocycles. The Bertz CT molecular complexity index is 416. The highest BCUT2D eigenvalue weighted by molar-refractivity contribution is 5.15. The van der Waals surface area contributed by atoms with Gasteiger partial charge in [-0.15, -0.1) is 0 Å². The summed E-state index contributed by atoms with van der Waals surface area (Å²) in [6.45, 7) is 2.10. The van der Waals surface area contributed by atoms with Crippen molar-refractivity contribution >= 4 is 0 Å². The minimum atomic E-state index is -0.459. The average molecular weight is 247 g/mol. The van der Waals surface area contributed by atoms with E-state index in [-0.39, 0.29) is 5.41 Å². The highest BCUT2D eigenvalue weighted by Gasteiger charge is 2.59. The monoisotopic (exact) mass is 247 g/mol. The quantitative estimate of drug-likeness (QED) is 0.871. The van der Waals surface area contributed by atoms with E-state index < -0.39 is 5.54 Å². The van der Waals surface area contributed by atoms with Crippen molar-refractivity contribution in [1.82, 2.24) is 10.1 Å². The van der Waals surface area contributed by atoms with E-state index in [2.05, 4.69) is 17.1 Å². The Morgan fingerprint density at radius 1 is 1.22 bits per heavy atom. The summed E-state index contributed by atoms with van der Waals surface area (Å²) in [4.78, 5) is 4.24. The highest BCUT2D eigenvalue weighted by atomic mass is 16.5. The van der Waals surface area contributed by atoms with Crippen molar-refractivity contribution in [3.05, 3.63) is 12.2 Å². The Kier molecular flexibility index (Phi) is 2.04. The molecule has 1 aromatic rings. The second-order valence-electron chi connectivity index (χ2n) is 7.15. The van der Waals surface area contributed by atoms with Crippen LogP contribution in [0.15, 0.2) is 10.9 Å². The van der Waals surface area contributed by atoms with Gasteiger partial charge >= 0.3 is 0 Å². The maximum absolute atomic E-state index is 6.69. The van der Waals surface area contributed by atoms with E-state index in [1.54, 1.807) is 0 Å². The van der Waals surface area contributed by atoms with Gasteiger partial charge in [-0.3, -0.25) is 0 Å². The number of aromatic nitrogens is 2. The van der Waals surface area contributed by atoms with Crippen LogP contribution in [0.3, 0.4) is 0 Å². The molecule has 0 spiro atoms. The minimum absolute atomic E-state index is 0.203. The lowest BCUT2D eigenvalue weighted by atomic mass is 9.45. The molecule has 0 radical (unpaired) electrons. The average Bonchev–Trinajstić information content (AvgIpc) is 2.80. The van der Waals surface area contributed by atoms with E-state index in [1.807, 2.05) is 0 Å². The predicted molar refractivity (Wildman–Crippen MR) is 66.4 cm³/mol. The van der Waals surface area contributed by atoms with Gasteiger partial charge in [0.15, 0.2) is 6.33 Å². The molecule has 4 saturated carbocycles. The Morgan fingerprint density at radius 3 is 2.22 bits per heavy atom. The lowest BCUT2D eigenvalue weighted by Gasteiger charge is -2.61. The van der Waals surface area contributed by atoms with Crippen molar-refractivity contribution in [2.75, 3.05) is 0 Å². The molecule has 18 heavy (non-hydrogen) atoms. The van der Waals surface area contributed by atoms with E-state index in [1.165, 1.54) is 44.9 Å². The molecule has 4 nitrogen and oxygen atoms in total. The van der Waals surface area contributed by atoms with E-state index in [0.29, 0.717) is 5.89 Å². The fourth-order valence-electron chi connectivity index (χ4n) is 5.38. The van der Waals surface area contributed by atoms with Gasteiger partial charge in [-0.25, -0.2) is 0 Å². The number of nitrogens with two attached hydrogens (primary N) is 1. The van der Waals surface area contributed by atoms with E-state index in [0.717, 1.165) is 17.8 Å². The fourth-order valence-corrected chi connectivity index (χ4v) is 5.38. The van der Waals surface area contributed by atoms with Crippen LogP contribution in [-0.4, -0.2) is 10.1 Å². The standard InChI is InChI=1S/C14H21N3O/c1-13(15,12-16-8-17-18-12)14-5-9-2-10(6-14)4-11(3-9)7-14/h8-11H,2-7,15H2,1H3. The predicted octanol–water partition coefficient (Wildman–Crippen LogP) is 2.46. The van der Waals surface area contributed by atoms with E-state index >= 15 is 0 Å². The number of nitrogens with zero attached hydrogens (tertiary/aromatic N) is 2. The van der Waals surface area contributed by atoms with E-state index in [9.17, 15) is 0 Å². The zero-order valence-electron chi connectivity index (χ0n) is 10.9. The van der Waals surface area contributed by atoms with Crippen LogP contribution >= 0.6 is 0 Å². The number of hydrogen-bond donors (Lipinski definition) is 1. The third kappa shape index (κ3) is 1.30. The Morgan fingerprint density at radius 2 is 1.78 bits per heavy atom. The molecule has 0 saturated heterocycles. The first kappa shape index (κ1) is 11.0. The van der Waals surface area contributed by atoms with Gasteiger partial charge in [0.1, 0.15) is 0 Å². The number of hydrogen-bond acceptors (Lipinski definition) is 4. The molecule has 5 rings (SSSR count). The molecule has 2 N–H and O–H groups in total. The van der Waals surface area contributed by atoms with Crippen LogP contribution in [0.25, 0.3) is 0 Å². The Balaban J connectivity index is 1.75. The molecule has 4 heteroatoms. The molecular formula is C14H21N3O. The van der Waals surface area contributed by atoms with Crippen molar-refractivity contribution in [2.45, 2.75) is 51.0 Å². The number of rotatable bonds is 2. The van der Waals surface area contributed by atoms with Crippen LogP contribution in [0.1, 0.15) is 51.3 Å². The summed E-state index contributed by atoms with van der Waals surface area (Å²) in [5.74, 6) is 3.30. The summed E-state index contributed by atoms with van der Waals surface area (Å²) in [5, 5.41) is 3.75. The molecule has 1 heterocycles. The van der Waals surface area contributed by atoms with E-state index in [4.69, 9.17) is 10.3 Å². The highest BCUT2D eigenvalue weighted by Crippen LogP contribution is 2.64. The smallest absolute Gasteiger partial charge is 0.246 e. The topological polar surface area (TPSA) is 64.9 Å². The Hall–Kier alpha value is -0.900. The molecule has 4 bridgehead atoms. The van der Waals surface area contributed by atoms with Gasteiger partial charge in [0, 0.05) is 0 Å². The Labute approximate surface area is 107 Å². The molecule has 4 aliphatic carbocycles. The molecule has 4 fully saturated rings. The van der Waals surface area contributed by atoms with Gasteiger partial charge < -0.3 is 10.3 Å². The molecule has 0 amide bonds. The molecule has 4 aliphatic rings. The molecular weight excluding hydrogens is 226 g/mol. The summed E-state index contributed by atoms with van der Waals surface area (Å²) < 4.78 is 5.30. The van der Waals surface area contributed by atoms with Crippen molar-refractivity contribution in [2.24, 2.45) is 28.9 Å². The van der Waals surface area contributed by atoms with Crippen LogP contribution in [-0.2, 0) is 5.54 Å². The molecule has 98 valence electrons. The lowest BCUT2D eigenvalue weighted by molar-refractivity contribution is -0.102. The molecule has 0 aliphatic heterocycles. The second kappa shape index (κ2) is 3.35. The summed E-state index contributed by atoms with van der Waals surface area (Å²) in [6.07, 6.45) is 9.54. The van der Waals surface area contributed by atoms with Gasteiger partial charge in [0.25, 0.3) is 0 Å². The lowest BCUT2D eigenvalue weighted by Crippen LogP contribution is -2.59. The third-order valence-corrected chi connectivity index (χ3v) is 5.95. The maximum Gasteiger partial charge on any atom is 0.246 e. The second-order valence-corrected chi connectivity index (χ2v) is 7.15. The molecule has 0 aromatic carbocycles. The van der Waals surface area contributed by atoms with Crippen molar-refractivity contribution in [1.29, 1.82) is 0 Å². The van der Waals surface area contributed by atoms with Crippen LogP contribution < -0.4 is 5.73 Å². The summed E-state index contributed by atoms with van der Waals surface area (Å²) in [5.41, 5.74) is 6.43. The maximum atomic E-state index is 6.69. The summed E-state index contributed by atoms with van der Waals surface area (Å²) in [6, 6.07) is 0. The fraction of sp³-hybridized carbons (Fsp3) is 0.857. The van der Waals surface area contributed by atoms with Crippen LogP contribution in [0.5, 0.6) is 0 Å². The summed E-state index contributed by atoms with van der Waals surface area (Å²) >= 11 is 0. The first-order valence-electron chi connectivity index (χ1n) is 7.15. The van der Waals surface area contributed by atoms with Gasteiger partial charge in [-0.2, -0.15) is 4.98 Å². The zero-order chi connectivity index (χ0) is 12.4. The first-order chi connectivity index (χ1) is 8.59. The molecule has 1 atom stereocenters. The minimum Gasteiger partial charge on any atom is -0.338 e. The summed E-state index contributed by atoms with van der Waals surface area (Å²) in [7, 11) is 0. The first-order valence-corrected chi connectivity index (χ1v) is 7.15. The van der Waals surface area contributed by atoms with Gasteiger partial charge in [0.05, 0.1) is 5.54 Å². The van der Waals surface area contributed by atoms with Crippen LogP contribution in [0.4, 0.5) is 0 Å². The van der Waals surface area contributed by atoms with Crippen molar-refractivity contribution in [3.63, 3.8) is 0 Å².